The second-order valence-electron chi connectivity index (χ2n) is 4.80. The zero-order valence-corrected chi connectivity index (χ0v) is 12.7. The van der Waals surface area contributed by atoms with E-state index in [2.05, 4.69) is 45.8 Å². The van der Waals surface area contributed by atoms with Crippen molar-refractivity contribution in [2.24, 2.45) is 7.05 Å². The second-order valence-corrected chi connectivity index (χ2v) is 5.68. The molecular weight excluding hydrogens is 270 g/mol. The van der Waals surface area contributed by atoms with E-state index in [0.717, 1.165) is 34.7 Å². The molecule has 0 spiro atoms. The molecule has 0 aromatic carbocycles. The van der Waals surface area contributed by atoms with Crippen LogP contribution in [0.15, 0.2) is 17.9 Å². The summed E-state index contributed by atoms with van der Waals surface area (Å²) in [6, 6.07) is 0. The topological polar surface area (TPSA) is 55.6 Å². The van der Waals surface area contributed by atoms with Crippen molar-refractivity contribution < 1.29 is 0 Å². The van der Waals surface area contributed by atoms with Crippen LogP contribution in [-0.4, -0.2) is 19.7 Å². The Morgan fingerprint density at radius 3 is 3.00 bits per heavy atom. The standard InChI is InChI=1S/C14H17N5S/c1-4-11-10(6-19(3)18-11)5-15-14-13-12(16-8-17-14)9(2)7-20-13/h6-8H,4-5H2,1-3H3,(H,15,16,17). The number of nitrogens with zero attached hydrogens (tertiary/aromatic N) is 4. The van der Waals surface area contributed by atoms with Gasteiger partial charge in [0, 0.05) is 25.4 Å². The number of fused-ring (bicyclic) bond motifs is 1. The predicted molar refractivity (Wildman–Crippen MR) is 82.1 cm³/mol. The Morgan fingerprint density at radius 1 is 1.35 bits per heavy atom. The van der Waals surface area contributed by atoms with Crippen molar-refractivity contribution in [2.75, 3.05) is 5.32 Å². The summed E-state index contributed by atoms with van der Waals surface area (Å²) in [6.07, 6.45) is 4.62. The third-order valence-corrected chi connectivity index (χ3v) is 4.40. The van der Waals surface area contributed by atoms with Crippen LogP contribution in [0.4, 0.5) is 5.82 Å². The lowest BCUT2D eigenvalue weighted by molar-refractivity contribution is 0.746. The molecule has 0 unspecified atom stereocenters. The second kappa shape index (κ2) is 5.20. The van der Waals surface area contributed by atoms with E-state index in [0.29, 0.717) is 0 Å². The highest BCUT2D eigenvalue weighted by molar-refractivity contribution is 7.18. The molecule has 0 atom stereocenters. The van der Waals surface area contributed by atoms with E-state index in [1.54, 1.807) is 17.7 Å². The molecule has 0 saturated carbocycles. The molecule has 0 saturated heterocycles. The lowest BCUT2D eigenvalue weighted by atomic mass is 10.2. The van der Waals surface area contributed by atoms with Gasteiger partial charge in [-0.1, -0.05) is 6.92 Å². The summed E-state index contributed by atoms with van der Waals surface area (Å²) in [7, 11) is 1.95. The van der Waals surface area contributed by atoms with Gasteiger partial charge in [-0.15, -0.1) is 11.3 Å². The third kappa shape index (κ3) is 2.27. The largest absolute Gasteiger partial charge is 0.365 e. The molecule has 0 aliphatic rings. The zero-order chi connectivity index (χ0) is 14.1. The minimum atomic E-state index is 0.736. The maximum absolute atomic E-state index is 4.45. The Kier molecular flexibility index (Phi) is 3.40. The lowest BCUT2D eigenvalue weighted by Crippen LogP contribution is -2.03. The number of aryl methyl sites for hydroxylation is 3. The molecule has 0 aliphatic heterocycles. The van der Waals surface area contributed by atoms with Crippen molar-refractivity contribution in [1.29, 1.82) is 0 Å². The maximum Gasteiger partial charge on any atom is 0.147 e. The van der Waals surface area contributed by atoms with Gasteiger partial charge in [-0.3, -0.25) is 4.68 Å². The summed E-state index contributed by atoms with van der Waals surface area (Å²) in [5.41, 5.74) is 4.59. The molecule has 0 radical (unpaired) electrons. The van der Waals surface area contributed by atoms with E-state index in [9.17, 15) is 0 Å². The maximum atomic E-state index is 4.45. The van der Waals surface area contributed by atoms with E-state index in [1.807, 2.05) is 11.7 Å². The molecule has 104 valence electrons. The van der Waals surface area contributed by atoms with Gasteiger partial charge < -0.3 is 5.32 Å². The molecule has 3 aromatic rings. The molecule has 5 nitrogen and oxygen atoms in total. The van der Waals surface area contributed by atoms with Crippen LogP contribution >= 0.6 is 11.3 Å². The lowest BCUT2D eigenvalue weighted by Gasteiger charge is -2.05. The fourth-order valence-corrected chi connectivity index (χ4v) is 3.27. The van der Waals surface area contributed by atoms with E-state index in [4.69, 9.17) is 0 Å². The number of thiophene rings is 1. The average Bonchev–Trinajstić information content (AvgIpc) is 3.00. The van der Waals surface area contributed by atoms with Crippen LogP contribution in [0.3, 0.4) is 0 Å². The van der Waals surface area contributed by atoms with Gasteiger partial charge in [0.2, 0.25) is 0 Å². The highest BCUT2D eigenvalue weighted by Crippen LogP contribution is 2.28. The number of anilines is 1. The fourth-order valence-electron chi connectivity index (χ4n) is 2.30. The molecule has 0 fully saturated rings. The minimum absolute atomic E-state index is 0.736. The number of rotatable bonds is 4. The van der Waals surface area contributed by atoms with Gasteiger partial charge in [-0.05, 0) is 24.3 Å². The van der Waals surface area contributed by atoms with Crippen LogP contribution < -0.4 is 5.32 Å². The molecule has 20 heavy (non-hydrogen) atoms. The van der Waals surface area contributed by atoms with E-state index in [-0.39, 0.29) is 0 Å². The Hall–Kier alpha value is -1.95. The average molecular weight is 287 g/mol. The normalized spacial score (nSPS) is 11.2. The van der Waals surface area contributed by atoms with E-state index < -0.39 is 0 Å². The molecule has 0 bridgehead atoms. The van der Waals surface area contributed by atoms with Gasteiger partial charge in [-0.2, -0.15) is 5.10 Å². The van der Waals surface area contributed by atoms with Crippen LogP contribution in [-0.2, 0) is 20.0 Å². The summed E-state index contributed by atoms with van der Waals surface area (Å²) < 4.78 is 2.98. The Balaban J connectivity index is 1.86. The van der Waals surface area contributed by atoms with Crippen molar-refractivity contribution in [3.05, 3.63) is 34.7 Å². The molecule has 6 heteroatoms. The molecule has 1 N–H and O–H groups in total. The molecule has 3 aromatic heterocycles. The first-order chi connectivity index (χ1) is 9.69. The Labute approximate surface area is 121 Å². The van der Waals surface area contributed by atoms with Crippen molar-refractivity contribution in [3.63, 3.8) is 0 Å². The summed E-state index contributed by atoms with van der Waals surface area (Å²) in [5, 5.41) is 9.98. The highest BCUT2D eigenvalue weighted by atomic mass is 32.1. The predicted octanol–water partition coefficient (Wildman–Crippen LogP) is 2.91. The smallest absolute Gasteiger partial charge is 0.147 e. The van der Waals surface area contributed by atoms with E-state index in [1.165, 1.54) is 11.1 Å². The Bertz CT molecular complexity index is 743. The van der Waals surface area contributed by atoms with Gasteiger partial charge in [0.25, 0.3) is 0 Å². The number of aromatic nitrogens is 4. The van der Waals surface area contributed by atoms with Crippen LogP contribution in [0.5, 0.6) is 0 Å². The monoisotopic (exact) mass is 287 g/mol. The van der Waals surface area contributed by atoms with Gasteiger partial charge in [0.05, 0.1) is 15.9 Å². The van der Waals surface area contributed by atoms with Gasteiger partial charge in [0.1, 0.15) is 12.1 Å². The highest BCUT2D eigenvalue weighted by Gasteiger charge is 2.10. The summed E-state index contributed by atoms with van der Waals surface area (Å²) >= 11 is 1.68. The fraction of sp³-hybridized carbons (Fsp3) is 0.357. The van der Waals surface area contributed by atoms with Crippen molar-refractivity contribution >= 4 is 27.4 Å². The van der Waals surface area contributed by atoms with Crippen molar-refractivity contribution in [3.8, 4) is 0 Å². The number of nitrogens with one attached hydrogen (secondary N) is 1. The summed E-state index contributed by atoms with van der Waals surface area (Å²) in [6.45, 7) is 4.93. The van der Waals surface area contributed by atoms with Crippen LogP contribution in [0, 0.1) is 6.92 Å². The first-order valence-electron chi connectivity index (χ1n) is 6.63. The SMILES string of the molecule is CCc1nn(C)cc1CNc1ncnc2c(C)csc12. The molecular formula is C14H17N5S. The third-order valence-electron chi connectivity index (χ3n) is 3.30. The minimum Gasteiger partial charge on any atom is -0.365 e. The van der Waals surface area contributed by atoms with Crippen LogP contribution in [0.2, 0.25) is 0 Å². The molecule has 0 aliphatic carbocycles. The van der Waals surface area contributed by atoms with Gasteiger partial charge >= 0.3 is 0 Å². The summed E-state index contributed by atoms with van der Waals surface area (Å²) in [4.78, 5) is 8.70. The molecule has 0 amide bonds. The quantitative estimate of drug-likeness (QED) is 0.801. The van der Waals surface area contributed by atoms with Gasteiger partial charge in [0.15, 0.2) is 0 Å². The molecule has 3 heterocycles. The number of hydrogen-bond acceptors (Lipinski definition) is 5. The first kappa shape index (κ1) is 13.1. The summed E-state index contributed by atoms with van der Waals surface area (Å²) in [5.74, 6) is 0.902. The van der Waals surface area contributed by atoms with Crippen molar-refractivity contribution in [1.82, 2.24) is 19.7 Å². The zero-order valence-electron chi connectivity index (χ0n) is 11.8. The van der Waals surface area contributed by atoms with Gasteiger partial charge in [-0.25, -0.2) is 9.97 Å². The van der Waals surface area contributed by atoms with Crippen LogP contribution in [0.25, 0.3) is 10.2 Å². The Morgan fingerprint density at radius 2 is 2.20 bits per heavy atom. The van der Waals surface area contributed by atoms with Crippen molar-refractivity contribution in [2.45, 2.75) is 26.8 Å². The van der Waals surface area contributed by atoms with E-state index >= 15 is 0 Å². The molecule has 3 rings (SSSR count). The van der Waals surface area contributed by atoms with Crippen LogP contribution in [0.1, 0.15) is 23.7 Å². The first-order valence-corrected chi connectivity index (χ1v) is 7.51. The number of hydrogen-bond donors (Lipinski definition) is 1.